The minimum Gasteiger partial charge on any atom is -0.468 e. The summed E-state index contributed by atoms with van der Waals surface area (Å²) < 4.78 is 4.60. The third-order valence-corrected chi connectivity index (χ3v) is 2.31. The maximum Gasteiger partial charge on any atom is 0.327 e. The lowest BCUT2D eigenvalue weighted by Gasteiger charge is -2.24. The van der Waals surface area contributed by atoms with Crippen molar-refractivity contribution < 1.29 is 9.53 Å². The predicted molar refractivity (Wildman–Crippen MR) is 41.0 cm³/mol. The van der Waals surface area contributed by atoms with Crippen LogP contribution in [0, 0.1) is 5.92 Å². The monoisotopic (exact) mass is 158 g/mol. The van der Waals surface area contributed by atoms with E-state index in [2.05, 4.69) is 10.1 Å². The van der Waals surface area contributed by atoms with Crippen LogP contribution in [0.15, 0.2) is 0 Å². The molecule has 2 atom stereocenters. The van der Waals surface area contributed by atoms with E-state index in [4.69, 9.17) is 5.73 Å². The molecule has 1 heterocycles. The Kier molecular flexibility index (Phi) is 2.15. The van der Waals surface area contributed by atoms with Gasteiger partial charge >= 0.3 is 5.97 Å². The molecule has 11 heavy (non-hydrogen) atoms. The van der Waals surface area contributed by atoms with Gasteiger partial charge in [0.2, 0.25) is 0 Å². The van der Waals surface area contributed by atoms with E-state index in [0.717, 1.165) is 6.54 Å². The fourth-order valence-electron chi connectivity index (χ4n) is 1.32. The van der Waals surface area contributed by atoms with Crippen molar-refractivity contribution >= 4 is 5.97 Å². The molecule has 1 aliphatic rings. The van der Waals surface area contributed by atoms with Gasteiger partial charge in [0.25, 0.3) is 0 Å². The maximum atomic E-state index is 11.2. The SMILES string of the molecule is COC(=O)[C@@]1(N)CNC[C@H]1C. The highest BCUT2D eigenvalue weighted by molar-refractivity contribution is 5.81. The van der Waals surface area contributed by atoms with Crippen LogP contribution in [0.2, 0.25) is 0 Å². The van der Waals surface area contributed by atoms with Crippen molar-refractivity contribution in [2.45, 2.75) is 12.5 Å². The number of hydrogen-bond donors (Lipinski definition) is 2. The summed E-state index contributed by atoms with van der Waals surface area (Å²) in [6.45, 7) is 3.24. The van der Waals surface area contributed by atoms with Crippen LogP contribution >= 0.6 is 0 Å². The Balaban J connectivity index is 2.72. The molecule has 1 aliphatic heterocycles. The number of nitrogens with one attached hydrogen (secondary N) is 1. The zero-order valence-electron chi connectivity index (χ0n) is 6.89. The number of carbonyl (C=O) groups excluding carboxylic acids is 1. The molecular formula is C7H14N2O2. The second-order valence-electron chi connectivity index (χ2n) is 3.06. The van der Waals surface area contributed by atoms with Crippen LogP contribution in [0.1, 0.15) is 6.92 Å². The zero-order valence-corrected chi connectivity index (χ0v) is 6.89. The normalized spacial score (nSPS) is 37.2. The van der Waals surface area contributed by atoms with E-state index in [9.17, 15) is 4.79 Å². The highest BCUT2D eigenvalue weighted by Gasteiger charge is 2.44. The second kappa shape index (κ2) is 2.79. The van der Waals surface area contributed by atoms with Crippen LogP contribution in [0.25, 0.3) is 0 Å². The van der Waals surface area contributed by atoms with Crippen molar-refractivity contribution in [3.63, 3.8) is 0 Å². The Labute approximate surface area is 66.1 Å². The van der Waals surface area contributed by atoms with Crippen molar-refractivity contribution in [3.05, 3.63) is 0 Å². The molecule has 4 heteroatoms. The quantitative estimate of drug-likeness (QED) is 0.485. The molecule has 0 aliphatic carbocycles. The van der Waals surface area contributed by atoms with E-state index < -0.39 is 5.54 Å². The number of nitrogens with two attached hydrogens (primary N) is 1. The minimum atomic E-state index is -0.811. The molecule has 3 N–H and O–H groups in total. The van der Waals surface area contributed by atoms with E-state index in [1.165, 1.54) is 7.11 Å². The summed E-state index contributed by atoms with van der Waals surface area (Å²) in [5.74, 6) is -0.176. The van der Waals surface area contributed by atoms with Crippen molar-refractivity contribution in [3.8, 4) is 0 Å². The van der Waals surface area contributed by atoms with E-state index in [-0.39, 0.29) is 11.9 Å². The highest BCUT2D eigenvalue weighted by atomic mass is 16.5. The lowest BCUT2D eigenvalue weighted by Crippen LogP contribution is -2.54. The van der Waals surface area contributed by atoms with Crippen molar-refractivity contribution in [2.75, 3.05) is 20.2 Å². The third kappa shape index (κ3) is 1.23. The predicted octanol–water partition coefficient (Wildman–Crippen LogP) is -0.904. The van der Waals surface area contributed by atoms with Crippen LogP contribution in [0.5, 0.6) is 0 Å². The van der Waals surface area contributed by atoms with Crippen molar-refractivity contribution in [1.82, 2.24) is 5.32 Å². The van der Waals surface area contributed by atoms with Crippen LogP contribution in [0.3, 0.4) is 0 Å². The highest BCUT2D eigenvalue weighted by Crippen LogP contribution is 2.19. The molecule has 1 fully saturated rings. The number of ether oxygens (including phenoxy) is 1. The molecule has 1 saturated heterocycles. The second-order valence-corrected chi connectivity index (χ2v) is 3.06. The summed E-state index contributed by atoms with van der Waals surface area (Å²) in [5.41, 5.74) is 5.01. The Hall–Kier alpha value is -0.610. The van der Waals surface area contributed by atoms with Crippen molar-refractivity contribution in [1.29, 1.82) is 0 Å². The molecular weight excluding hydrogens is 144 g/mol. The first-order valence-corrected chi connectivity index (χ1v) is 3.69. The average Bonchev–Trinajstić information content (AvgIpc) is 2.32. The summed E-state index contributed by atoms with van der Waals surface area (Å²) in [7, 11) is 1.36. The van der Waals surface area contributed by atoms with E-state index in [0.29, 0.717) is 6.54 Å². The number of rotatable bonds is 1. The smallest absolute Gasteiger partial charge is 0.327 e. The van der Waals surface area contributed by atoms with E-state index in [1.807, 2.05) is 6.92 Å². The van der Waals surface area contributed by atoms with Crippen LogP contribution in [-0.4, -0.2) is 31.7 Å². The molecule has 0 unspecified atom stereocenters. The summed E-state index contributed by atoms with van der Waals surface area (Å²) >= 11 is 0. The van der Waals surface area contributed by atoms with E-state index >= 15 is 0 Å². The fourth-order valence-corrected chi connectivity index (χ4v) is 1.32. The fraction of sp³-hybridized carbons (Fsp3) is 0.857. The Morgan fingerprint density at radius 1 is 1.82 bits per heavy atom. The van der Waals surface area contributed by atoms with Gasteiger partial charge in [-0.3, -0.25) is 4.79 Å². The number of hydrogen-bond acceptors (Lipinski definition) is 4. The van der Waals surface area contributed by atoms with Crippen molar-refractivity contribution in [2.24, 2.45) is 11.7 Å². The molecule has 0 bridgehead atoms. The van der Waals surface area contributed by atoms with Crippen LogP contribution in [0.4, 0.5) is 0 Å². The van der Waals surface area contributed by atoms with Gasteiger partial charge in [-0.15, -0.1) is 0 Å². The molecule has 1 rings (SSSR count). The summed E-state index contributed by atoms with van der Waals surface area (Å²) in [4.78, 5) is 11.2. The lowest BCUT2D eigenvalue weighted by atomic mass is 9.90. The molecule has 0 aromatic rings. The molecule has 64 valence electrons. The molecule has 0 amide bonds. The van der Waals surface area contributed by atoms with Gasteiger partial charge in [0.05, 0.1) is 7.11 Å². The number of carbonyl (C=O) groups is 1. The first-order chi connectivity index (χ1) is 5.11. The van der Waals surface area contributed by atoms with Crippen LogP contribution in [-0.2, 0) is 9.53 Å². The molecule has 0 spiro atoms. The summed E-state index contributed by atoms with van der Waals surface area (Å²) in [5, 5.41) is 3.05. The molecule has 0 saturated carbocycles. The lowest BCUT2D eigenvalue weighted by molar-refractivity contribution is -0.147. The summed E-state index contributed by atoms with van der Waals surface area (Å²) in [6.07, 6.45) is 0. The number of esters is 1. The largest absolute Gasteiger partial charge is 0.468 e. The van der Waals surface area contributed by atoms with Gasteiger partial charge in [0.15, 0.2) is 0 Å². The number of methoxy groups -OCH3 is 1. The Morgan fingerprint density at radius 3 is 2.82 bits per heavy atom. The Morgan fingerprint density at radius 2 is 2.45 bits per heavy atom. The molecule has 0 aromatic heterocycles. The molecule has 0 radical (unpaired) electrons. The van der Waals surface area contributed by atoms with Gasteiger partial charge < -0.3 is 15.8 Å². The first kappa shape index (κ1) is 8.49. The van der Waals surface area contributed by atoms with E-state index in [1.54, 1.807) is 0 Å². The van der Waals surface area contributed by atoms with Gasteiger partial charge in [-0.2, -0.15) is 0 Å². The average molecular weight is 158 g/mol. The topological polar surface area (TPSA) is 64.3 Å². The van der Waals surface area contributed by atoms with Gasteiger partial charge in [0, 0.05) is 13.1 Å². The van der Waals surface area contributed by atoms with Gasteiger partial charge in [-0.25, -0.2) is 0 Å². The standard InChI is InChI=1S/C7H14N2O2/c1-5-3-9-4-7(5,8)6(10)11-2/h5,9H,3-4,8H2,1-2H3/t5-,7-/m1/s1. The van der Waals surface area contributed by atoms with Gasteiger partial charge in [-0.05, 0) is 5.92 Å². The van der Waals surface area contributed by atoms with Gasteiger partial charge in [-0.1, -0.05) is 6.92 Å². The zero-order chi connectivity index (χ0) is 8.48. The first-order valence-electron chi connectivity index (χ1n) is 3.69. The maximum absolute atomic E-state index is 11.2. The van der Waals surface area contributed by atoms with Gasteiger partial charge in [0.1, 0.15) is 5.54 Å². The summed E-state index contributed by atoms with van der Waals surface area (Å²) in [6, 6.07) is 0. The molecule has 0 aromatic carbocycles. The Bertz CT molecular complexity index is 172. The van der Waals surface area contributed by atoms with Crippen LogP contribution < -0.4 is 11.1 Å². The molecule has 4 nitrogen and oxygen atoms in total. The minimum absolute atomic E-state index is 0.148. The third-order valence-electron chi connectivity index (χ3n) is 2.31.